The summed E-state index contributed by atoms with van der Waals surface area (Å²) in [4.78, 5) is 17.0. The molecule has 1 aromatic carbocycles. The molecule has 0 aliphatic carbocycles. The van der Waals surface area contributed by atoms with Crippen molar-refractivity contribution in [2.45, 2.75) is 12.8 Å². The first-order chi connectivity index (χ1) is 10.7. The number of ether oxygens (including phenoxy) is 1. The molecule has 122 valence electrons. The van der Waals surface area contributed by atoms with Crippen LogP contribution in [0.1, 0.15) is 23.2 Å². The maximum atomic E-state index is 12.1. The fraction of sp³-hybridized carbons (Fsp3) is 0.588. The van der Waals surface area contributed by atoms with Crippen molar-refractivity contribution in [3.63, 3.8) is 0 Å². The van der Waals surface area contributed by atoms with E-state index in [9.17, 15) is 4.79 Å². The molecule has 0 aromatic heterocycles. The second-order valence-corrected chi connectivity index (χ2v) is 5.81. The second kappa shape index (κ2) is 8.76. The van der Waals surface area contributed by atoms with Crippen LogP contribution in [-0.4, -0.2) is 69.1 Å². The average Bonchev–Trinajstić information content (AvgIpc) is 2.56. The van der Waals surface area contributed by atoms with Crippen LogP contribution in [0.5, 0.6) is 5.75 Å². The Morgan fingerprint density at radius 1 is 1.18 bits per heavy atom. The third-order valence-electron chi connectivity index (χ3n) is 4.13. The molecule has 1 saturated heterocycles. The standard InChI is InChI=1S/C17H27N3O2/c1-19-11-13-20(14-12-19)10-6-5-9-18-17(21)15-7-3-4-8-16(15)22-2/h3-4,7-8H,5-6,9-14H2,1-2H3,(H,18,21). The van der Waals surface area contributed by atoms with Crippen molar-refractivity contribution >= 4 is 5.91 Å². The van der Waals surface area contributed by atoms with Gasteiger partial charge in [0.15, 0.2) is 0 Å². The maximum Gasteiger partial charge on any atom is 0.255 e. The monoisotopic (exact) mass is 305 g/mol. The average molecular weight is 305 g/mol. The van der Waals surface area contributed by atoms with Gasteiger partial charge in [0, 0.05) is 32.7 Å². The molecule has 1 aliphatic rings. The van der Waals surface area contributed by atoms with Gasteiger partial charge < -0.3 is 19.9 Å². The Morgan fingerprint density at radius 2 is 1.91 bits per heavy atom. The minimum atomic E-state index is -0.0583. The van der Waals surface area contributed by atoms with E-state index in [1.807, 2.05) is 18.2 Å². The van der Waals surface area contributed by atoms with Crippen LogP contribution in [0.4, 0.5) is 0 Å². The summed E-state index contributed by atoms with van der Waals surface area (Å²) in [6.07, 6.45) is 2.13. The number of benzene rings is 1. The van der Waals surface area contributed by atoms with E-state index in [0.717, 1.165) is 45.6 Å². The van der Waals surface area contributed by atoms with Crippen LogP contribution in [0, 0.1) is 0 Å². The smallest absolute Gasteiger partial charge is 0.255 e. The number of piperazine rings is 1. The molecule has 1 fully saturated rings. The maximum absolute atomic E-state index is 12.1. The largest absolute Gasteiger partial charge is 0.496 e. The molecule has 0 radical (unpaired) electrons. The van der Waals surface area contributed by atoms with Crippen molar-refractivity contribution in [2.75, 3.05) is 53.4 Å². The summed E-state index contributed by atoms with van der Waals surface area (Å²) >= 11 is 0. The summed E-state index contributed by atoms with van der Waals surface area (Å²) in [5.41, 5.74) is 0.601. The molecule has 0 spiro atoms. The Morgan fingerprint density at radius 3 is 2.64 bits per heavy atom. The van der Waals surface area contributed by atoms with Crippen LogP contribution in [0.25, 0.3) is 0 Å². The van der Waals surface area contributed by atoms with Gasteiger partial charge in [-0.15, -0.1) is 0 Å². The van der Waals surface area contributed by atoms with Gasteiger partial charge in [-0.3, -0.25) is 4.79 Å². The Kier molecular flexibility index (Phi) is 6.68. The first-order valence-electron chi connectivity index (χ1n) is 8.03. The Bertz CT molecular complexity index is 471. The second-order valence-electron chi connectivity index (χ2n) is 5.81. The number of hydrogen-bond donors (Lipinski definition) is 1. The van der Waals surface area contributed by atoms with E-state index in [0.29, 0.717) is 17.9 Å². The van der Waals surface area contributed by atoms with Gasteiger partial charge in [-0.1, -0.05) is 12.1 Å². The zero-order chi connectivity index (χ0) is 15.8. The molecular weight excluding hydrogens is 278 g/mol. The molecule has 1 N–H and O–H groups in total. The lowest BCUT2D eigenvalue weighted by Crippen LogP contribution is -2.44. The first-order valence-corrected chi connectivity index (χ1v) is 8.03. The van der Waals surface area contributed by atoms with Crippen LogP contribution in [0.3, 0.4) is 0 Å². The number of likely N-dealkylation sites (N-methyl/N-ethyl adjacent to an activating group) is 1. The van der Waals surface area contributed by atoms with Gasteiger partial charge in [-0.2, -0.15) is 0 Å². The molecule has 2 rings (SSSR count). The fourth-order valence-electron chi connectivity index (χ4n) is 2.66. The third-order valence-corrected chi connectivity index (χ3v) is 4.13. The lowest BCUT2D eigenvalue weighted by atomic mass is 10.2. The molecule has 0 atom stereocenters. The number of nitrogens with one attached hydrogen (secondary N) is 1. The predicted octanol–water partition coefficient (Wildman–Crippen LogP) is 1.45. The molecule has 0 bridgehead atoms. The number of para-hydroxylation sites is 1. The van der Waals surface area contributed by atoms with E-state index in [1.54, 1.807) is 13.2 Å². The van der Waals surface area contributed by atoms with E-state index < -0.39 is 0 Å². The lowest BCUT2D eigenvalue weighted by molar-refractivity contribution is 0.0949. The highest BCUT2D eigenvalue weighted by Crippen LogP contribution is 2.16. The van der Waals surface area contributed by atoms with Crippen LogP contribution < -0.4 is 10.1 Å². The number of amides is 1. The SMILES string of the molecule is COc1ccccc1C(=O)NCCCCN1CCN(C)CC1. The van der Waals surface area contributed by atoms with E-state index in [2.05, 4.69) is 22.2 Å². The van der Waals surface area contributed by atoms with Gasteiger partial charge in [0.1, 0.15) is 5.75 Å². The molecule has 0 saturated carbocycles. The van der Waals surface area contributed by atoms with Gasteiger partial charge in [-0.25, -0.2) is 0 Å². The normalized spacial score (nSPS) is 16.5. The molecule has 1 aliphatic heterocycles. The first kappa shape index (κ1) is 16.8. The highest BCUT2D eigenvalue weighted by atomic mass is 16.5. The van der Waals surface area contributed by atoms with Gasteiger partial charge in [0.25, 0.3) is 5.91 Å². The molecule has 5 heteroatoms. The van der Waals surface area contributed by atoms with Gasteiger partial charge in [0.2, 0.25) is 0 Å². The molecular formula is C17H27N3O2. The van der Waals surface area contributed by atoms with Gasteiger partial charge in [0.05, 0.1) is 12.7 Å². The Labute approximate surface area is 133 Å². The molecule has 5 nitrogen and oxygen atoms in total. The highest BCUT2D eigenvalue weighted by Gasteiger charge is 2.13. The van der Waals surface area contributed by atoms with Gasteiger partial charge in [-0.05, 0) is 38.6 Å². The summed E-state index contributed by atoms with van der Waals surface area (Å²) in [7, 11) is 3.76. The summed E-state index contributed by atoms with van der Waals surface area (Å²) in [5.74, 6) is 0.564. The number of hydrogen-bond acceptors (Lipinski definition) is 4. The van der Waals surface area contributed by atoms with E-state index >= 15 is 0 Å². The number of nitrogens with zero attached hydrogens (tertiary/aromatic N) is 2. The van der Waals surface area contributed by atoms with Crippen LogP contribution in [0.15, 0.2) is 24.3 Å². The van der Waals surface area contributed by atoms with Crippen LogP contribution in [0.2, 0.25) is 0 Å². The fourth-order valence-corrected chi connectivity index (χ4v) is 2.66. The van der Waals surface area contributed by atoms with Crippen molar-refractivity contribution < 1.29 is 9.53 Å². The quantitative estimate of drug-likeness (QED) is 0.775. The number of methoxy groups -OCH3 is 1. The molecule has 1 amide bonds. The number of unbranched alkanes of at least 4 members (excludes halogenated alkanes) is 1. The Balaban J connectivity index is 1.63. The van der Waals surface area contributed by atoms with E-state index in [-0.39, 0.29) is 5.91 Å². The van der Waals surface area contributed by atoms with Crippen LogP contribution >= 0.6 is 0 Å². The van der Waals surface area contributed by atoms with Crippen molar-refractivity contribution in [1.82, 2.24) is 15.1 Å². The van der Waals surface area contributed by atoms with Crippen molar-refractivity contribution in [2.24, 2.45) is 0 Å². The van der Waals surface area contributed by atoms with Crippen molar-refractivity contribution in [3.8, 4) is 5.75 Å². The molecule has 0 unspecified atom stereocenters. The number of carbonyl (C=O) groups is 1. The van der Waals surface area contributed by atoms with E-state index in [1.165, 1.54) is 0 Å². The molecule has 1 aromatic rings. The minimum Gasteiger partial charge on any atom is -0.496 e. The zero-order valence-electron chi connectivity index (χ0n) is 13.7. The highest BCUT2D eigenvalue weighted by molar-refractivity contribution is 5.96. The van der Waals surface area contributed by atoms with E-state index in [4.69, 9.17) is 4.74 Å². The van der Waals surface area contributed by atoms with Gasteiger partial charge >= 0.3 is 0 Å². The van der Waals surface area contributed by atoms with Crippen molar-refractivity contribution in [1.29, 1.82) is 0 Å². The summed E-state index contributed by atoms with van der Waals surface area (Å²) < 4.78 is 5.21. The number of rotatable bonds is 7. The summed E-state index contributed by atoms with van der Waals surface area (Å²) in [6, 6.07) is 7.32. The van der Waals surface area contributed by atoms with Crippen molar-refractivity contribution in [3.05, 3.63) is 29.8 Å². The summed E-state index contributed by atoms with van der Waals surface area (Å²) in [5, 5.41) is 2.97. The third kappa shape index (κ3) is 5.00. The zero-order valence-corrected chi connectivity index (χ0v) is 13.7. The number of carbonyl (C=O) groups excluding carboxylic acids is 1. The minimum absolute atomic E-state index is 0.0583. The van der Waals surface area contributed by atoms with Crippen LogP contribution in [-0.2, 0) is 0 Å². The molecule has 22 heavy (non-hydrogen) atoms. The summed E-state index contributed by atoms with van der Waals surface area (Å²) in [6.45, 7) is 6.46. The molecule has 1 heterocycles. The topological polar surface area (TPSA) is 44.8 Å². The Hall–Kier alpha value is -1.59. The predicted molar refractivity (Wildman–Crippen MR) is 88.5 cm³/mol. The lowest BCUT2D eigenvalue weighted by Gasteiger charge is -2.32.